The van der Waals surface area contributed by atoms with E-state index < -0.39 is 9.84 Å². The molecule has 0 aliphatic carbocycles. The van der Waals surface area contributed by atoms with Crippen molar-refractivity contribution in [3.8, 4) is 0 Å². The van der Waals surface area contributed by atoms with Crippen molar-refractivity contribution in [3.05, 3.63) is 34.9 Å². The maximum atomic E-state index is 11.6. The Hall–Kier alpha value is -0.580. The van der Waals surface area contributed by atoms with Crippen LogP contribution >= 0.6 is 11.6 Å². The quantitative estimate of drug-likeness (QED) is 0.929. The summed E-state index contributed by atoms with van der Waals surface area (Å²) in [6.45, 7) is 2.05. The lowest BCUT2D eigenvalue weighted by atomic mass is 10.1. The van der Waals surface area contributed by atoms with E-state index in [2.05, 4.69) is 5.32 Å². The molecule has 18 heavy (non-hydrogen) atoms. The molecular weight excluding hydrogens is 270 g/mol. The summed E-state index contributed by atoms with van der Waals surface area (Å²) < 4.78 is 23.1. The van der Waals surface area contributed by atoms with E-state index in [0.29, 0.717) is 10.8 Å². The number of benzene rings is 1. The normalized spacial score (nSPS) is 24.7. The van der Waals surface area contributed by atoms with Crippen LogP contribution in [-0.2, 0) is 9.84 Å². The number of hydrogen-bond donors (Lipinski definition) is 1. The zero-order chi connectivity index (χ0) is 13.2. The van der Waals surface area contributed by atoms with Crippen LogP contribution in [0.5, 0.6) is 0 Å². The molecule has 1 heterocycles. The summed E-state index contributed by atoms with van der Waals surface area (Å²) in [7, 11) is -2.85. The molecule has 1 saturated heterocycles. The first kappa shape index (κ1) is 13.8. The maximum Gasteiger partial charge on any atom is 0.151 e. The van der Waals surface area contributed by atoms with E-state index in [4.69, 9.17) is 11.6 Å². The highest BCUT2D eigenvalue weighted by molar-refractivity contribution is 7.91. The lowest BCUT2D eigenvalue weighted by Gasteiger charge is -2.26. The van der Waals surface area contributed by atoms with Crippen LogP contribution in [0.25, 0.3) is 0 Å². The van der Waals surface area contributed by atoms with Crippen LogP contribution in [0.15, 0.2) is 24.3 Å². The molecule has 1 aromatic rings. The molecule has 5 heteroatoms. The Morgan fingerprint density at radius 3 is 2.61 bits per heavy atom. The molecule has 3 nitrogen and oxygen atoms in total. The van der Waals surface area contributed by atoms with Gasteiger partial charge in [-0.15, -0.1) is 0 Å². The van der Waals surface area contributed by atoms with E-state index in [1.165, 1.54) is 0 Å². The number of rotatable bonds is 3. The van der Waals surface area contributed by atoms with Crippen molar-refractivity contribution in [2.75, 3.05) is 11.5 Å². The monoisotopic (exact) mass is 287 g/mol. The van der Waals surface area contributed by atoms with Gasteiger partial charge in [0.2, 0.25) is 0 Å². The van der Waals surface area contributed by atoms with Gasteiger partial charge in [-0.2, -0.15) is 0 Å². The third-order valence-electron chi connectivity index (χ3n) is 3.32. The minimum Gasteiger partial charge on any atom is -0.306 e. The minimum absolute atomic E-state index is 0.0643. The molecule has 2 rings (SSSR count). The van der Waals surface area contributed by atoms with Crippen LogP contribution in [0, 0.1) is 0 Å². The van der Waals surface area contributed by atoms with Gasteiger partial charge < -0.3 is 5.32 Å². The van der Waals surface area contributed by atoms with Crippen molar-refractivity contribution in [1.29, 1.82) is 0 Å². The van der Waals surface area contributed by atoms with Crippen molar-refractivity contribution in [2.24, 2.45) is 0 Å². The Morgan fingerprint density at radius 2 is 2.00 bits per heavy atom. The number of halogens is 1. The van der Waals surface area contributed by atoms with Crippen LogP contribution in [0.1, 0.15) is 31.4 Å². The van der Waals surface area contributed by atoms with E-state index in [-0.39, 0.29) is 17.8 Å². The molecule has 0 aromatic heterocycles. The van der Waals surface area contributed by atoms with Gasteiger partial charge >= 0.3 is 0 Å². The number of nitrogens with one attached hydrogen (secondary N) is 1. The topological polar surface area (TPSA) is 46.2 Å². The third-order valence-corrected chi connectivity index (χ3v) is 5.39. The summed E-state index contributed by atoms with van der Waals surface area (Å²) in [6, 6.07) is 7.85. The Balaban J connectivity index is 1.99. The van der Waals surface area contributed by atoms with Gasteiger partial charge in [0.25, 0.3) is 0 Å². The van der Waals surface area contributed by atoms with Gasteiger partial charge in [-0.3, -0.25) is 0 Å². The predicted molar refractivity (Wildman–Crippen MR) is 74.7 cm³/mol. The molecule has 1 aliphatic rings. The van der Waals surface area contributed by atoms with Gasteiger partial charge in [-0.1, -0.05) is 23.7 Å². The fraction of sp³-hybridized carbons (Fsp3) is 0.538. The first-order valence-corrected chi connectivity index (χ1v) is 8.38. The highest BCUT2D eigenvalue weighted by Gasteiger charge is 2.25. The molecule has 0 bridgehead atoms. The second kappa shape index (κ2) is 5.59. The average molecular weight is 288 g/mol. The molecule has 1 unspecified atom stereocenters. The zero-order valence-electron chi connectivity index (χ0n) is 10.4. The Kier molecular flexibility index (Phi) is 4.30. The summed E-state index contributed by atoms with van der Waals surface area (Å²) in [5, 5.41) is 4.10. The first-order valence-electron chi connectivity index (χ1n) is 6.18. The minimum atomic E-state index is -2.85. The van der Waals surface area contributed by atoms with Gasteiger partial charge in [0, 0.05) is 17.1 Å². The molecule has 0 amide bonds. The smallest absolute Gasteiger partial charge is 0.151 e. The fourth-order valence-corrected chi connectivity index (χ4v) is 4.13. The first-order chi connectivity index (χ1) is 8.46. The van der Waals surface area contributed by atoms with E-state index in [9.17, 15) is 8.42 Å². The Labute approximate surface area is 113 Å². The zero-order valence-corrected chi connectivity index (χ0v) is 12.0. The molecule has 0 spiro atoms. The van der Waals surface area contributed by atoms with Crippen LogP contribution in [0.2, 0.25) is 5.02 Å². The predicted octanol–water partition coefficient (Wildman–Crippen LogP) is 2.57. The molecule has 1 aromatic carbocycles. The van der Waals surface area contributed by atoms with E-state index >= 15 is 0 Å². The maximum absolute atomic E-state index is 11.6. The van der Waals surface area contributed by atoms with E-state index in [0.717, 1.165) is 18.4 Å². The van der Waals surface area contributed by atoms with Crippen molar-refractivity contribution >= 4 is 21.4 Å². The average Bonchev–Trinajstić information content (AvgIpc) is 2.28. The highest BCUT2D eigenvalue weighted by Crippen LogP contribution is 2.19. The molecule has 1 N–H and O–H groups in total. The summed E-state index contributed by atoms with van der Waals surface area (Å²) in [5.41, 5.74) is 1.13. The lowest BCUT2D eigenvalue weighted by Crippen LogP contribution is -2.41. The van der Waals surface area contributed by atoms with E-state index in [1.807, 2.05) is 31.2 Å². The van der Waals surface area contributed by atoms with Crippen LogP contribution in [0.4, 0.5) is 0 Å². The summed E-state index contributed by atoms with van der Waals surface area (Å²) in [6.07, 6.45) is 1.69. The van der Waals surface area contributed by atoms with Crippen molar-refractivity contribution < 1.29 is 8.42 Å². The molecule has 0 saturated carbocycles. The summed E-state index contributed by atoms with van der Waals surface area (Å²) in [4.78, 5) is 0. The molecular formula is C13H18ClNO2S. The summed E-state index contributed by atoms with van der Waals surface area (Å²) in [5.74, 6) is 0.589. The molecule has 100 valence electrons. The van der Waals surface area contributed by atoms with Gasteiger partial charge in [0.15, 0.2) is 9.84 Å². The van der Waals surface area contributed by atoms with Crippen LogP contribution in [0.3, 0.4) is 0 Å². The SMILES string of the molecule is C[C@@H](NC1CCCS(=O)(=O)C1)c1ccc(Cl)cc1. The lowest BCUT2D eigenvalue weighted by molar-refractivity contribution is 0.437. The fourth-order valence-electron chi connectivity index (χ4n) is 2.36. The van der Waals surface area contributed by atoms with Gasteiger partial charge in [0.05, 0.1) is 11.5 Å². The number of sulfone groups is 1. The Bertz CT molecular complexity index is 498. The van der Waals surface area contributed by atoms with Gasteiger partial charge in [0.1, 0.15) is 0 Å². The third kappa shape index (κ3) is 3.70. The molecule has 0 radical (unpaired) electrons. The molecule has 1 fully saturated rings. The van der Waals surface area contributed by atoms with Gasteiger partial charge in [-0.25, -0.2) is 8.42 Å². The standard InChI is InChI=1S/C13H18ClNO2S/c1-10(11-4-6-12(14)7-5-11)15-13-3-2-8-18(16,17)9-13/h4-7,10,13,15H,2-3,8-9H2,1H3/t10-,13?/m1/s1. The van der Waals surface area contributed by atoms with Crippen LogP contribution in [-0.4, -0.2) is 26.0 Å². The largest absolute Gasteiger partial charge is 0.306 e. The second-order valence-electron chi connectivity index (χ2n) is 4.89. The van der Waals surface area contributed by atoms with E-state index in [1.54, 1.807) is 0 Å². The van der Waals surface area contributed by atoms with Crippen molar-refractivity contribution in [3.63, 3.8) is 0 Å². The van der Waals surface area contributed by atoms with Gasteiger partial charge in [-0.05, 0) is 37.5 Å². The second-order valence-corrected chi connectivity index (χ2v) is 7.56. The Morgan fingerprint density at radius 1 is 1.33 bits per heavy atom. The summed E-state index contributed by atoms with van der Waals surface area (Å²) >= 11 is 5.85. The van der Waals surface area contributed by atoms with Crippen molar-refractivity contribution in [1.82, 2.24) is 5.32 Å². The molecule has 1 aliphatic heterocycles. The van der Waals surface area contributed by atoms with Crippen LogP contribution < -0.4 is 5.32 Å². The highest BCUT2D eigenvalue weighted by atomic mass is 35.5. The van der Waals surface area contributed by atoms with Crippen molar-refractivity contribution in [2.45, 2.75) is 31.8 Å². The molecule has 2 atom stereocenters. The number of hydrogen-bond acceptors (Lipinski definition) is 3.